The molecule has 3 nitrogen and oxygen atoms in total. The first kappa shape index (κ1) is 11.3. The predicted octanol–water partition coefficient (Wildman–Crippen LogP) is 3.71. The zero-order valence-electron chi connectivity index (χ0n) is 11.5. The molecule has 0 N–H and O–H groups in total. The number of hydrogen-bond acceptors (Lipinski definition) is 2. The first-order chi connectivity index (χ1) is 9.75. The van der Waals surface area contributed by atoms with Crippen molar-refractivity contribution in [1.29, 1.82) is 0 Å². The van der Waals surface area contributed by atoms with E-state index in [9.17, 15) is 0 Å². The first-order valence-corrected chi connectivity index (χ1v) is 6.71. The summed E-state index contributed by atoms with van der Waals surface area (Å²) >= 11 is 0. The lowest BCUT2D eigenvalue weighted by Gasteiger charge is -2.07. The molecule has 3 heteroatoms. The monoisotopic (exact) mass is 261 g/mol. The lowest BCUT2D eigenvalue weighted by atomic mass is 10.1. The highest BCUT2D eigenvalue weighted by atomic mass is 15.2. The van der Waals surface area contributed by atoms with E-state index in [0.29, 0.717) is 0 Å². The SMILES string of the molecule is CN(C)c1cn2c3ccccc3c3ccccc3c2n1. The lowest BCUT2D eigenvalue weighted by Crippen LogP contribution is -2.08. The van der Waals surface area contributed by atoms with E-state index in [1.54, 1.807) is 0 Å². The molecule has 0 spiro atoms. The van der Waals surface area contributed by atoms with E-state index in [1.165, 1.54) is 21.7 Å². The normalized spacial score (nSPS) is 11.5. The van der Waals surface area contributed by atoms with Gasteiger partial charge in [-0.25, -0.2) is 4.98 Å². The number of nitrogens with zero attached hydrogens (tertiary/aromatic N) is 3. The lowest BCUT2D eigenvalue weighted by molar-refractivity contribution is 1.09. The molecule has 20 heavy (non-hydrogen) atoms. The maximum Gasteiger partial charge on any atom is 0.147 e. The van der Waals surface area contributed by atoms with Gasteiger partial charge in [-0.15, -0.1) is 0 Å². The second-order valence-corrected chi connectivity index (χ2v) is 5.25. The molecule has 0 aliphatic carbocycles. The van der Waals surface area contributed by atoms with Crippen molar-refractivity contribution in [2.75, 3.05) is 19.0 Å². The Morgan fingerprint density at radius 1 is 0.850 bits per heavy atom. The Labute approximate surface area is 117 Å². The second kappa shape index (κ2) is 3.97. The molecule has 0 radical (unpaired) electrons. The van der Waals surface area contributed by atoms with Crippen molar-refractivity contribution in [3.05, 3.63) is 54.7 Å². The average molecular weight is 261 g/mol. The predicted molar refractivity (Wildman–Crippen MR) is 84.5 cm³/mol. The highest BCUT2D eigenvalue weighted by Gasteiger charge is 2.11. The minimum atomic E-state index is 0.978. The van der Waals surface area contributed by atoms with Gasteiger partial charge in [0.15, 0.2) is 0 Å². The van der Waals surface area contributed by atoms with Crippen molar-refractivity contribution in [2.45, 2.75) is 0 Å². The Morgan fingerprint density at radius 3 is 2.25 bits per heavy atom. The molecular weight excluding hydrogens is 246 g/mol. The molecule has 0 saturated carbocycles. The van der Waals surface area contributed by atoms with Crippen LogP contribution < -0.4 is 4.90 Å². The van der Waals surface area contributed by atoms with E-state index >= 15 is 0 Å². The molecule has 2 heterocycles. The van der Waals surface area contributed by atoms with Crippen LogP contribution >= 0.6 is 0 Å². The van der Waals surface area contributed by atoms with Gasteiger partial charge < -0.3 is 4.90 Å². The molecule has 4 aromatic rings. The van der Waals surface area contributed by atoms with Crippen molar-refractivity contribution < 1.29 is 0 Å². The Kier molecular flexibility index (Phi) is 2.24. The van der Waals surface area contributed by atoms with Gasteiger partial charge in [0.05, 0.1) is 11.7 Å². The van der Waals surface area contributed by atoms with Gasteiger partial charge in [-0.2, -0.15) is 0 Å². The molecular formula is C17H15N3. The van der Waals surface area contributed by atoms with E-state index in [0.717, 1.165) is 11.5 Å². The third-order valence-corrected chi connectivity index (χ3v) is 3.77. The molecule has 0 aliphatic heterocycles. The van der Waals surface area contributed by atoms with Gasteiger partial charge in [-0.1, -0.05) is 42.5 Å². The molecule has 0 saturated heterocycles. The molecule has 0 aliphatic rings. The summed E-state index contributed by atoms with van der Waals surface area (Å²) in [4.78, 5) is 6.82. The Bertz CT molecular complexity index is 862. The van der Waals surface area contributed by atoms with E-state index in [-0.39, 0.29) is 0 Å². The number of benzene rings is 2. The number of rotatable bonds is 1. The van der Waals surface area contributed by atoms with Gasteiger partial charge in [0, 0.05) is 24.9 Å². The van der Waals surface area contributed by atoms with Gasteiger partial charge in [0.1, 0.15) is 11.5 Å². The van der Waals surface area contributed by atoms with Crippen molar-refractivity contribution in [2.24, 2.45) is 0 Å². The van der Waals surface area contributed by atoms with E-state index < -0.39 is 0 Å². The maximum absolute atomic E-state index is 4.78. The summed E-state index contributed by atoms with van der Waals surface area (Å²) in [5.74, 6) is 0.978. The Hall–Kier alpha value is -2.55. The fourth-order valence-corrected chi connectivity index (χ4v) is 2.78. The van der Waals surface area contributed by atoms with E-state index in [2.05, 4.69) is 59.1 Å². The van der Waals surface area contributed by atoms with Crippen molar-refractivity contribution in [1.82, 2.24) is 9.38 Å². The summed E-state index contributed by atoms with van der Waals surface area (Å²) in [7, 11) is 4.04. The van der Waals surface area contributed by atoms with E-state index in [1.807, 2.05) is 19.0 Å². The van der Waals surface area contributed by atoms with Crippen molar-refractivity contribution in [3.8, 4) is 0 Å². The van der Waals surface area contributed by atoms with E-state index in [4.69, 9.17) is 4.98 Å². The summed E-state index contributed by atoms with van der Waals surface area (Å²) in [6, 6.07) is 17.0. The maximum atomic E-state index is 4.78. The minimum Gasteiger partial charge on any atom is -0.361 e. The highest BCUT2D eigenvalue weighted by Crippen LogP contribution is 2.30. The zero-order valence-corrected chi connectivity index (χ0v) is 11.5. The molecule has 0 bridgehead atoms. The van der Waals surface area contributed by atoms with Crippen LogP contribution in [0.15, 0.2) is 54.7 Å². The zero-order chi connectivity index (χ0) is 13.7. The van der Waals surface area contributed by atoms with Crippen molar-refractivity contribution >= 4 is 33.1 Å². The molecule has 4 rings (SSSR count). The smallest absolute Gasteiger partial charge is 0.147 e. The van der Waals surface area contributed by atoms with Crippen LogP contribution in [0.3, 0.4) is 0 Å². The fraction of sp³-hybridized carbons (Fsp3) is 0.118. The average Bonchev–Trinajstić information content (AvgIpc) is 2.93. The van der Waals surface area contributed by atoms with Crippen LogP contribution in [-0.4, -0.2) is 23.5 Å². The van der Waals surface area contributed by atoms with Crippen LogP contribution in [-0.2, 0) is 0 Å². The molecule has 98 valence electrons. The number of fused-ring (bicyclic) bond motifs is 6. The third kappa shape index (κ3) is 1.43. The number of anilines is 1. The Balaban J connectivity index is 2.32. The third-order valence-electron chi connectivity index (χ3n) is 3.77. The van der Waals surface area contributed by atoms with Crippen LogP contribution in [0.25, 0.3) is 27.3 Å². The van der Waals surface area contributed by atoms with Crippen LogP contribution in [0, 0.1) is 0 Å². The standard InChI is InChI=1S/C17H15N3/c1-19(2)16-11-20-15-10-6-5-8-13(15)12-7-3-4-9-14(12)17(20)18-16/h3-11H,1-2H3. The number of aromatic nitrogens is 2. The van der Waals surface area contributed by atoms with Gasteiger partial charge in [0.2, 0.25) is 0 Å². The van der Waals surface area contributed by atoms with Crippen LogP contribution in [0.1, 0.15) is 0 Å². The van der Waals surface area contributed by atoms with Crippen LogP contribution in [0.5, 0.6) is 0 Å². The van der Waals surface area contributed by atoms with Crippen LogP contribution in [0.2, 0.25) is 0 Å². The first-order valence-electron chi connectivity index (χ1n) is 6.71. The summed E-state index contributed by atoms with van der Waals surface area (Å²) in [6.45, 7) is 0. The van der Waals surface area contributed by atoms with Crippen LogP contribution in [0.4, 0.5) is 5.82 Å². The largest absolute Gasteiger partial charge is 0.361 e. The van der Waals surface area contributed by atoms with Gasteiger partial charge in [-0.3, -0.25) is 4.40 Å². The number of imidazole rings is 1. The summed E-state index contributed by atoms with van der Waals surface area (Å²) in [5, 5.41) is 3.71. The minimum absolute atomic E-state index is 0.978. The Morgan fingerprint density at radius 2 is 1.50 bits per heavy atom. The van der Waals surface area contributed by atoms with Gasteiger partial charge >= 0.3 is 0 Å². The highest BCUT2D eigenvalue weighted by molar-refractivity contribution is 6.11. The van der Waals surface area contributed by atoms with Crippen molar-refractivity contribution in [3.63, 3.8) is 0 Å². The fourth-order valence-electron chi connectivity index (χ4n) is 2.78. The topological polar surface area (TPSA) is 20.5 Å². The molecule has 0 atom stereocenters. The molecule has 0 unspecified atom stereocenters. The number of hydrogen-bond donors (Lipinski definition) is 0. The molecule has 2 aromatic carbocycles. The summed E-state index contributed by atoms with van der Waals surface area (Å²) in [6.07, 6.45) is 2.10. The molecule has 0 fully saturated rings. The second-order valence-electron chi connectivity index (χ2n) is 5.25. The molecule has 2 aromatic heterocycles. The number of para-hydroxylation sites is 1. The van der Waals surface area contributed by atoms with Gasteiger partial charge in [-0.05, 0) is 11.5 Å². The van der Waals surface area contributed by atoms with Gasteiger partial charge in [0.25, 0.3) is 0 Å². The molecule has 0 amide bonds. The number of pyridine rings is 1. The summed E-state index contributed by atoms with van der Waals surface area (Å²) in [5.41, 5.74) is 2.21. The quantitative estimate of drug-likeness (QED) is 0.487. The summed E-state index contributed by atoms with van der Waals surface area (Å²) < 4.78 is 2.19.